The number of benzene rings is 2. The molecule has 0 spiro atoms. The Bertz CT molecular complexity index is 756. The number of carbonyl (C=O) groups excluding carboxylic acids is 1. The van der Waals surface area contributed by atoms with Crippen molar-refractivity contribution < 1.29 is 27.8 Å². The highest BCUT2D eigenvalue weighted by atomic mass is 19.3. The number of alkyl halides is 2. The maximum absolute atomic E-state index is 12.5. The molecule has 2 aromatic carbocycles. The zero-order valence-electron chi connectivity index (χ0n) is 15.1. The second-order valence-corrected chi connectivity index (χ2v) is 5.44. The van der Waals surface area contributed by atoms with Crippen LogP contribution in [-0.2, 0) is 13.1 Å². The smallest absolute Gasteiger partial charge is 0.387 e. The highest BCUT2D eigenvalue weighted by Gasteiger charge is 2.12. The van der Waals surface area contributed by atoms with Gasteiger partial charge in [0, 0.05) is 18.7 Å². The first kappa shape index (κ1) is 20.3. The average molecular weight is 380 g/mol. The van der Waals surface area contributed by atoms with E-state index < -0.39 is 12.6 Å². The number of hydrogen-bond acceptors (Lipinski definition) is 4. The Morgan fingerprint density at radius 1 is 1.04 bits per heavy atom. The molecular formula is C19H22F2N2O4. The first-order valence-corrected chi connectivity index (χ1v) is 8.37. The third-order valence-electron chi connectivity index (χ3n) is 3.61. The molecule has 0 aromatic heterocycles. The number of rotatable bonds is 9. The predicted octanol–water partition coefficient (Wildman–Crippen LogP) is 3.69. The number of nitrogens with one attached hydrogen (secondary N) is 2. The van der Waals surface area contributed by atoms with Gasteiger partial charge in [-0.25, -0.2) is 4.79 Å². The molecule has 0 radical (unpaired) electrons. The summed E-state index contributed by atoms with van der Waals surface area (Å²) in [6.07, 6.45) is 0. The summed E-state index contributed by atoms with van der Waals surface area (Å²) in [6.45, 7) is -0.107. The summed E-state index contributed by atoms with van der Waals surface area (Å²) in [5.74, 6) is 0.818. The van der Waals surface area contributed by atoms with Crippen LogP contribution in [0.25, 0.3) is 0 Å². The molecule has 2 aromatic rings. The SMILES string of the molecule is CCOc1ccccc1CNC(=O)NCc1ccc(OC)c(OC(F)F)c1. The molecule has 8 heteroatoms. The fourth-order valence-electron chi connectivity index (χ4n) is 2.39. The number of halogens is 2. The van der Waals surface area contributed by atoms with E-state index in [-0.39, 0.29) is 18.0 Å². The summed E-state index contributed by atoms with van der Waals surface area (Å²) in [4.78, 5) is 12.0. The van der Waals surface area contributed by atoms with E-state index >= 15 is 0 Å². The zero-order valence-corrected chi connectivity index (χ0v) is 15.1. The molecule has 0 saturated heterocycles. The molecule has 6 nitrogen and oxygen atoms in total. The van der Waals surface area contributed by atoms with E-state index in [4.69, 9.17) is 9.47 Å². The number of para-hydroxylation sites is 1. The van der Waals surface area contributed by atoms with Gasteiger partial charge in [-0.2, -0.15) is 8.78 Å². The number of carbonyl (C=O) groups is 1. The first-order valence-electron chi connectivity index (χ1n) is 8.37. The molecule has 0 aliphatic rings. The Kier molecular flexibility index (Phi) is 7.66. The monoisotopic (exact) mass is 380 g/mol. The van der Waals surface area contributed by atoms with Crippen LogP contribution >= 0.6 is 0 Å². The number of methoxy groups -OCH3 is 1. The Hall–Kier alpha value is -3.03. The quantitative estimate of drug-likeness (QED) is 0.696. The van der Waals surface area contributed by atoms with E-state index in [1.165, 1.54) is 19.2 Å². The van der Waals surface area contributed by atoms with Crippen molar-refractivity contribution in [3.8, 4) is 17.2 Å². The van der Waals surface area contributed by atoms with Crippen molar-refractivity contribution in [2.24, 2.45) is 0 Å². The Labute approximate surface area is 156 Å². The van der Waals surface area contributed by atoms with E-state index in [0.29, 0.717) is 24.5 Å². The van der Waals surface area contributed by atoms with E-state index in [2.05, 4.69) is 15.4 Å². The van der Waals surface area contributed by atoms with E-state index in [1.54, 1.807) is 6.07 Å². The zero-order chi connectivity index (χ0) is 19.6. The lowest BCUT2D eigenvalue weighted by Gasteiger charge is -2.13. The lowest BCUT2D eigenvalue weighted by Crippen LogP contribution is -2.34. The number of ether oxygens (including phenoxy) is 3. The van der Waals surface area contributed by atoms with Crippen molar-refractivity contribution >= 4 is 6.03 Å². The lowest BCUT2D eigenvalue weighted by molar-refractivity contribution is -0.0512. The van der Waals surface area contributed by atoms with Gasteiger partial charge in [0.2, 0.25) is 0 Å². The molecule has 2 N–H and O–H groups in total. The highest BCUT2D eigenvalue weighted by molar-refractivity contribution is 5.74. The van der Waals surface area contributed by atoms with Gasteiger partial charge in [-0.3, -0.25) is 0 Å². The van der Waals surface area contributed by atoms with E-state index in [9.17, 15) is 13.6 Å². The second-order valence-electron chi connectivity index (χ2n) is 5.44. The van der Waals surface area contributed by atoms with Gasteiger partial charge in [-0.1, -0.05) is 24.3 Å². The van der Waals surface area contributed by atoms with Gasteiger partial charge in [0.25, 0.3) is 0 Å². The van der Waals surface area contributed by atoms with Crippen molar-refractivity contribution in [1.82, 2.24) is 10.6 Å². The van der Waals surface area contributed by atoms with E-state index in [1.807, 2.05) is 31.2 Å². The van der Waals surface area contributed by atoms with Gasteiger partial charge in [-0.05, 0) is 30.7 Å². The summed E-state index contributed by atoms with van der Waals surface area (Å²) in [6, 6.07) is 11.6. The number of hydrogen-bond donors (Lipinski definition) is 2. The molecule has 0 unspecified atom stereocenters. The molecule has 0 fully saturated rings. The van der Waals surface area contributed by atoms with Crippen LogP contribution in [-0.4, -0.2) is 26.4 Å². The van der Waals surface area contributed by atoms with E-state index in [0.717, 1.165) is 5.56 Å². The van der Waals surface area contributed by atoms with Gasteiger partial charge in [0.15, 0.2) is 11.5 Å². The van der Waals surface area contributed by atoms with Crippen molar-refractivity contribution in [2.45, 2.75) is 26.6 Å². The normalized spacial score (nSPS) is 10.4. The van der Waals surface area contributed by atoms with Crippen LogP contribution in [0.3, 0.4) is 0 Å². The molecule has 0 heterocycles. The first-order chi connectivity index (χ1) is 13.0. The van der Waals surface area contributed by atoms with Crippen LogP contribution in [0, 0.1) is 0 Å². The average Bonchev–Trinajstić information content (AvgIpc) is 2.65. The fourth-order valence-corrected chi connectivity index (χ4v) is 2.39. The summed E-state index contributed by atoms with van der Waals surface area (Å²) in [5, 5.41) is 5.40. The minimum Gasteiger partial charge on any atom is -0.494 e. The van der Waals surface area contributed by atoms with Gasteiger partial charge in [-0.15, -0.1) is 0 Å². The second kappa shape index (κ2) is 10.2. The lowest BCUT2D eigenvalue weighted by atomic mass is 10.2. The molecule has 2 amide bonds. The molecule has 27 heavy (non-hydrogen) atoms. The Balaban J connectivity index is 1.90. The molecule has 2 rings (SSSR count). The minimum atomic E-state index is -2.96. The topological polar surface area (TPSA) is 68.8 Å². The van der Waals surface area contributed by atoms with Crippen molar-refractivity contribution in [1.29, 1.82) is 0 Å². The van der Waals surface area contributed by atoms with Crippen molar-refractivity contribution in [3.05, 3.63) is 53.6 Å². The summed E-state index contributed by atoms with van der Waals surface area (Å²) >= 11 is 0. The third kappa shape index (κ3) is 6.32. The predicted molar refractivity (Wildman–Crippen MR) is 96.3 cm³/mol. The standard InChI is InChI=1S/C19H22F2N2O4/c1-3-26-15-7-5-4-6-14(15)12-23-19(24)22-11-13-8-9-16(25-2)17(10-13)27-18(20)21/h4-10,18H,3,11-12H2,1-2H3,(H2,22,23,24). The van der Waals surface area contributed by atoms with Crippen molar-refractivity contribution in [3.63, 3.8) is 0 Å². The summed E-state index contributed by atoms with van der Waals surface area (Å²) < 4.78 is 39.8. The van der Waals surface area contributed by atoms with Crippen LogP contribution in [0.1, 0.15) is 18.1 Å². The highest BCUT2D eigenvalue weighted by Crippen LogP contribution is 2.29. The number of urea groups is 1. The molecule has 0 saturated carbocycles. The van der Waals surface area contributed by atoms with Crippen LogP contribution in [0.4, 0.5) is 13.6 Å². The molecule has 0 atom stereocenters. The van der Waals surface area contributed by atoms with Gasteiger partial charge in [0.05, 0.1) is 13.7 Å². The molecule has 0 aliphatic heterocycles. The molecule has 0 aliphatic carbocycles. The Morgan fingerprint density at radius 3 is 2.48 bits per heavy atom. The maximum Gasteiger partial charge on any atom is 0.387 e. The fraction of sp³-hybridized carbons (Fsp3) is 0.316. The van der Waals surface area contributed by atoms with Gasteiger partial charge >= 0.3 is 12.6 Å². The van der Waals surface area contributed by atoms with Gasteiger partial charge in [0.1, 0.15) is 5.75 Å². The molecule has 0 bridgehead atoms. The summed E-state index contributed by atoms with van der Waals surface area (Å²) in [5.41, 5.74) is 1.45. The minimum absolute atomic E-state index is 0.0853. The van der Waals surface area contributed by atoms with Crippen molar-refractivity contribution in [2.75, 3.05) is 13.7 Å². The Morgan fingerprint density at radius 2 is 1.78 bits per heavy atom. The van der Waals surface area contributed by atoms with Crippen LogP contribution in [0.5, 0.6) is 17.2 Å². The molecule has 146 valence electrons. The van der Waals surface area contributed by atoms with Crippen LogP contribution < -0.4 is 24.8 Å². The summed E-state index contributed by atoms with van der Waals surface area (Å²) in [7, 11) is 1.36. The third-order valence-corrected chi connectivity index (χ3v) is 3.61. The van der Waals surface area contributed by atoms with Crippen LogP contribution in [0.15, 0.2) is 42.5 Å². The largest absolute Gasteiger partial charge is 0.494 e. The van der Waals surface area contributed by atoms with Crippen LogP contribution in [0.2, 0.25) is 0 Å². The molecular weight excluding hydrogens is 358 g/mol. The number of amides is 2. The van der Waals surface area contributed by atoms with Gasteiger partial charge < -0.3 is 24.8 Å². The maximum atomic E-state index is 12.5.